The van der Waals surface area contributed by atoms with E-state index in [2.05, 4.69) is 11.8 Å². The molecular formula is C17H31N3O2. The molecule has 2 aliphatic heterocycles. The molecule has 0 N–H and O–H groups in total. The molecule has 2 aliphatic rings. The van der Waals surface area contributed by atoms with Crippen LogP contribution in [0.1, 0.15) is 46.5 Å². The van der Waals surface area contributed by atoms with E-state index in [9.17, 15) is 9.59 Å². The van der Waals surface area contributed by atoms with E-state index >= 15 is 0 Å². The van der Waals surface area contributed by atoms with Crippen LogP contribution in [0.25, 0.3) is 0 Å². The second-order valence-corrected chi connectivity index (χ2v) is 7.06. The normalized spacial score (nSPS) is 21.6. The predicted octanol–water partition coefficient (Wildman–Crippen LogP) is 1.58. The summed E-state index contributed by atoms with van der Waals surface area (Å²) in [5.74, 6) is 0.00909. The lowest BCUT2D eigenvalue weighted by Crippen LogP contribution is -2.56. The molecule has 0 saturated carbocycles. The minimum atomic E-state index is -0.932. The molecule has 0 atom stereocenters. The highest BCUT2D eigenvalue weighted by molar-refractivity contribution is 6.04. The highest BCUT2D eigenvalue weighted by atomic mass is 16.2. The average molecular weight is 309 g/mol. The number of carbonyl (C=O) groups excluding carboxylic acids is 2. The van der Waals surface area contributed by atoms with Crippen molar-refractivity contribution in [2.45, 2.75) is 46.5 Å². The van der Waals surface area contributed by atoms with Crippen LogP contribution in [0.4, 0.5) is 0 Å². The van der Waals surface area contributed by atoms with E-state index in [-0.39, 0.29) is 11.8 Å². The molecule has 2 amide bonds. The molecule has 126 valence electrons. The van der Waals surface area contributed by atoms with Crippen LogP contribution in [0, 0.1) is 5.41 Å². The van der Waals surface area contributed by atoms with Crippen LogP contribution in [0.3, 0.4) is 0 Å². The van der Waals surface area contributed by atoms with Gasteiger partial charge in [0.1, 0.15) is 5.41 Å². The lowest BCUT2D eigenvalue weighted by Gasteiger charge is -2.39. The number of carbonyl (C=O) groups is 2. The SMILES string of the molecule is CCN1CCN(C(=O)C(C)(C)C(=O)N2CCCCCC2)CC1. The first-order chi connectivity index (χ1) is 10.5. The van der Waals surface area contributed by atoms with Crippen LogP contribution in [0.5, 0.6) is 0 Å². The maximum atomic E-state index is 12.8. The number of piperazine rings is 1. The Balaban J connectivity index is 1.98. The second kappa shape index (κ2) is 7.44. The predicted molar refractivity (Wildman–Crippen MR) is 87.5 cm³/mol. The minimum Gasteiger partial charge on any atom is -0.342 e. The Morgan fingerprint density at radius 1 is 0.773 bits per heavy atom. The number of nitrogens with zero attached hydrogens (tertiary/aromatic N) is 3. The average Bonchev–Trinajstić information content (AvgIpc) is 2.82. The second-order valence-electron chi connectivity index (χ2n) is 7.06. The smallest absolute Gasteiger partial charge is 0.237 e. The van der Waals surface area contributed by atoms with Gasteiger partial charge in [-0.2, -0.15) is 0 Å². The number of hydrogen-bond acceptors (Lipinski definition) is 3. The van der Waals surface area contributed by atoms with Gasteiger partial charge < -0.3 is 14.7 Å². The molecule has 5 heteroatoms. The fourth-order valence-electron chi connectivity index (χ4n) is 3.42. The molecule has 2 saturated heterocycles. The van der Waals surface area contributed by atoms with Crippen molar-refractivity contribution in [3.05, 3.63) is 0 Å². The number of likely N-dealkylation sites (N-methyl/N-ethyl adjacent to an activating group) is 1. The van der Waals surface area contributed by atoms with Gasteiger partial charge >= 0.3 is 0 Å². The summed E-state index contributed by atoms with van der Waals surface area (Å²) in [6.07, 6.45) is 4.50. The summed E-state index contributed by atoms with van der Waals surface area (Å²) in [5.41, 5.74) is -0.932. The molecular weight excluding hydrogens is 278 g/mol. The van der Waals surface area contributed by atoms with E-state index in [1.807, 2.05) is 9.80 Å². The van der Waals surface area contributed by atoms with E-state index in [0.29, 0.717) is 0 Å². The van der Waals surface area contributed by atoms with Gasteiger partial charge in [-0.1, -0.05) is 19.8 Å². The minimum absolute atomic E-state index is 0.00231. The lowest BCUT2D eigenvalue weighted by atomic mass is 9.89. The first-order valence-electron chi connectivity index (χ1n) is 8.78. The molecule has 0 aromatic heterocycles. The summed E-state index contributed by atoms with van der Waals surface area (Å²) >= 11 is 0. The summed E-state index contributed by atoms with van der Waals surface area (Å²) in [7, 11) is 0. The van der Waals surface area contributed by atoms with E-state index < -0.39 is 5.41 Å². The summed E-state index contributed by atoms with van der Waals surface area (Å²) < 4.78 is 0. The van der Waals surface area contributed by atoms with Gasteiger partial charge in [0.05, 0.1) is 0 Å². The third-order valence-corrected chi connectivity index (χ3v) is 5.07. The largest absolute Gasteiger partial charge is 0.342 e. The van der Waals surface area contributed by atoms with Gasteiger partial charge in [-0.05, 0) is 33.2 Å². The maximum Gasteiger partial charge on any atom is 0.237 e. The fourth-order valence-corrected chi connectivity index (χ4v) is 3.42. The fraction of sp³-hybridized carbons (Fsp3) is 0.882. The van der Waals surface area contributed by atoms with Crippen LogP contribution in [-0.4, -0.2) is 72.3 Å². The summed E-state index contributed by atoms with van der Waals surface area (Å²) in [6, 6.07) is 0. The van der Waals surface area contributed by atoms with Crippen molar-refractivity contribution >= 4 is 11.8 Å². The monoisotopic (exact) mass is 309 g/mol. The highest BCUT2D eigenvalue weighted by Crippen LogP contribution is 2.25. The molecule has 2 heterocycles. The number of likely N-dealkylation sites (tertiary alicyclic amines) is 1. The van der Waals surface area contributed by atoms with E-state index in [1.165, 1.54) is 12.8 Å². The molecule has 0 unspecified atom stereocenters. The Labute approximate surface area is 134 Å². The van der Waals surface area contributed by atoms with Crippen molar-refractivity contribution in [3.63, 3.8) is 0 Å². The van der Waals surface area contributed by atoms with Crippen LogP contribution in [0.2, 0.25) is 0 Å². The zero-order valence-corrected chi connectivity index (χ0v) is 14.4. The van der Waals surface area contributed by atoms with Gasteiger partial charge in [-0.15, -0.1) is 0 Å². The van der Waals surface area contributed by atoms with Gasteiger partial charge in [0.25, 0.3) is 0 Å². The molecule has 0 spiro atoms. The number of hydrogen-bond donors (Lipinski definition) is 0. The molecule has 0 radical (unpaired) electrons. The Kier molecular flexibility index (Phi) is 5.84. The quantitative estimate of drug-likeness (QED) is 0.744. The van der Waals surface area contributed by atoms with Crippen molar-refractivity contribution in [2.24, 2.45) is 5.41 Å². The van der Waals surface area contributed by atoms with Crippen molar-refractivity contribution in [1.82, 2.24) is 14.7 Å². The Morgan fingerprint density at radius 3 is 1.68 bits per heavy atom. The van der Waals surface area contributed by atoms with E-state index in [0.717, 1.165) is 58.7 Å². The van der Waals surface area contributed by atoms with Gasteiger partial charge in [-0.3, -0.25) is 9.59 Å². The van der Waals surface area contributed by atoms with E-state index in [4.69, 9.17) is 0 Å². The molecule has 2 rings (SSSR count). The molecule has 2 fully saturated rings. The van der Waals surface area contributed by atoms with Crippen LogP contribution in [-0.2, 0) is 9.59 Å². The highest BCUT2D eigenvalue weighted by Gasteiger charge is 2.42. The van der Waals surface area contributed by atoms with E-state index in [1.54, 1.807) is 13.8 Å². The molecule has 0 aromatic rings. The Bertz CT molecular complexity index is 393. The topological polar surface area (TPSA) is 43.9 Å². The summed E-state index contributed by atoms with van der Waals surface area (Å²) in [6.45, 7) is 11.7. The van der Waals surface area contributed by atoms with Gasteiger partial charge in [-0.25, -0.2) is 0 Å². The van der Waals surface area contributed by atoms with Crippen LogP contribution >= 0.6 is 0 Å². The van der Waals surface area contributed by atoms with Crippen LogP contribution < -0.4 is 0 Å². The molecule has 0 aromatic carbocycles. The first-order valence-corrected chi connectivity index (χ1v) is 8.78. The van der Waals surface area contributed by atoms with Crippen LogP contribution in [0.15, 0.2) is 0 Å². The Hall–Kier alpha value is -1.10. The van der Waals surface area contributed by atoms with Gasteiger partial charge in [0, 0.05) is 39.3 Å². The zero-order chi connectivity index (χ0) is 16.2. The van der Waals surface area contributed by atoms with Crippen molar-refractivity contribution in [2.75, 3.05) is 45.8 Å². The van der Waals surface area contributed by atoms with Crippen molar-refractivity contribution in [1.29, 1.82) is 0 Å². The maximum absolute atomic E-state index is 12.8. The summed E-state index contributed by atoms with van der Waals surface area (Å²) in [4.78, 5) is 31.8. The third-order valence-electron chi connectivity index (χ3n) is 5.07. The van der Waals surface area contributed by atoms with Crippen molar-refractivity contribution < 1.29 is 9.59 Å². The van der Waals surface area contributed by atoms with Gasteiger partial charge in [0.2, 0.25) is 11.8 Å². The molecule has 0 bridgehead atoms. The number of rotatable bonds is 3. The molecule has 22 heavy (non-hydrogen) atoms. The zero-order valence-electron chi connectivity index (χ0n) is 14.4. The molecule has 5 nitrogen and oxygen atoms in total. The summed E-state index contributed by atoms with van der Waals surface area (Å²) in [5, 5.41) is 0. The van der Waals surface area contributed by atoms with Crippen molar-refractivity contribution in [3.8, 4) is 0 Å². The number of amides is 2. The first kappa shape index (κ1) is 17.3. The van der Waals surface area contributed by atoms with Gasteiger partial charge in [0.15, 0.2) is 0 Å². The standard InChI is InChI=1S/C17H31N3O2/c1-4-18-11-13-20(14-12-18)16(22)17(2,3)15(21)19-9-7-5-6-8-10-19/h4-14H2,1-3H3. The molecule has 0 aliphatic carbocycles. The lowest BCUT2D eigenvalue weighted by molar-refractivity contribution is -0.155. The third kappa shape index (κ3) is 3.80. The Morgan fingerprint density at radius 2 is 1.23 bits per heavy atom.